The first kappa shape index (κ1) is 25.2. The van der Waals surface area contributed by atoms with Crippen LogP contribution in [0.1, 0.15) is 12.5 Å². The Balaban J connectivity index is 1.62. The van der Waals surface area contributed by atoms with E-state index in [-0.39, 0.29) is 0 Å². The van der Waals surface area contributed by atoms with Crippen molar-refractivity contribution in [3.8, 4) is 22.6 Å². The number of benzene rings is 4. The Morgan fingerprint density at radius 2 is 1.24 bits per heavy atom. The minimum Gasteiger partial charge on any atom is -0.423 e. The van der Waals surface area contributed by atoms with Crippen molar-refractivity contribution in [1.82, 2.24) is 0 Å². The summed E-state index contributed by atoms with van der Waals surface area (Å²) < 4.78 is 10.5. The predicted molar refractivity (Wildman–Crippen MR) is 148 cm³/mol. The van der Waals surface area contributed by atoms with E-state index in [1.807, 2.05) is 42.5 Å². The maximum absolute atomic E-state index is 11.8. The average molecular weight is 490 g/mol. The Labute approximate surface area is 216 Å². The molecule has 0 saturated heterocycles. The van der Waals surface area contributed by atoms with Crippen LogP contribution in [0.15, 0.2) is 122 Å². The van der Waals surface area contributed by atoms with E-state index in [0.29, 0.717) is 17.1 Å². The lowest BCUT2D eigenvalue weighted by Gasteiger charge is -2.26. The summed E-state index contributed by atoms with van der Waals surface area (Å²) in [5.74, 6) is -0.0205. The molecule has 0 aliphatic carbocycles. The number of nitrogens with zero attached hydrogens (tertiary/aromatic N) is 1. The van der Waals surface area contributed by atoms with Gasteiger partial charge in [0.2, 0.25) is 0 Å². The number of carbonyl (C=O) groups is 2. The molecule has 0 radical (unpaired) electrons. The van der Waals surface area contributed by atoms with Gasteiger partial charge < -0.3 is 14.4 Å². The molecule has 0 amide bonds. The molecule has 0 spiro atoms. The van der Waals surface area contributed by atoms with Crippen LogP contribution >= 0.6 is 0 Å². The number of ether oxygens (including phenoxy) is 2. The van der Waals surface area contributed by atoms with Crippen molar-refractivity contribution >= 4 is 29.0 Å². The third kappa shape index (κ3) is 6.21. The first-order valence-corrected chi connectivity index (χ1v) is 11.7. The van der Waals surface area contributed by atoms with Crippen LogP contribution in [0.25, 0.3) is 11.1 Å². The second-order valence-corrected chi connectivity index (χ2v) is 8.53. The smallest absolute Gasteiger partial charge is 0.338 e. The number of anilines is 3. The molecule has 0 fully saturated rings. The summed E-state index contributed by atoms with van der Waals surface area (Å²) in [4.78, 5) is 25.4. The predicted octanol–water partition coefficient (Wildman–Crippen LogP) is 7.70. The van der Waals surface area contributed by atoms with Crippen molar-refractivity contribution in [3.63, 3.8) is 0 Å². The van der Waals surface area contributed by atoms with Crippen molar-refractivity contribution in [1.29, 1.82) is 0 Å². The molecule has 4 aromatic rings. The second-order valence-electron chi connectivity index (χ2n) is 8.53. The highest BCUT2D eigenvalue weighted by atomic mass is 16.5. The molecule has 0 atom stereocenters. The van der Waals surface area contributed by atoms with Gasteiger partial charge in [0.05, 0.1) is 0 Å². The monoisotopic (exact) mass is 489 g/mol. The quantitative estimate of drug-likeness (QED) is 0.144. The zero-order valence-electron chi connectivity index (χ0n) is 20.8. The van der Waals surface area contributed by atoms with E-state index in [1.165, 1.54) is 0 Å². The summed E-state index contributed by atoms with van der Waals surface area (Å²) in [5, 5.41) is 0. The van der Waals surface area contributed by atoms with Gasteiger partial charge in [-0.05, 0) is 91.2 Å². The maximum Gasteiger partial charge on any atom is 0.338 e. The molecular weight excluding hydrogens is 462 g/mol. The van der Waals surface area contributed by atoms with Crippen molar-refractivity contribution in [2.75, 3.05) is 4.90 Å². The highest BCUT2D eigenvalue weighted by molar-refractivity contribution is 5.89. The molecule has 0 aliphatic heterocycles. The van der Waals surface area contributed by atoms with E-state index in [0.717, 1.165) is 39.8 Å². The fourth-order valence-electron chi connectivity index (χ4n) is 3.75. The molecule has 0 aromatic heterocycles. The molecule has 0 bridgehead atoms. The molecule has 5 nitrogen and oxygen atoms in total. The summed E-state index contributed by atoms with van der Waals surface area (Å²) >= 11 is 0. The molecule has 0 saturated carbocycles. The summed E-state index contributed by atoms with van der Waals surface area (Å²) in [5.41, 5.74) is 6.41. The Hall–Kier alpha value is -4.90. The van der Waals surface area contributed by atoms with Crippen LogP contribution in [-0.4, -0.2) is 11.9 Å². The number of aryl methyl sites for hydroxylation is 1. The van der Waals surface area contributed by atoms with Gasteiger partial charge in [-0.3, -0.25) is 0 Å². The van der Waals surface area contributed by atoms with Crippen molar-refractivity contribution in [2.24, 2.45) is 0 Å². The largest absolute Gasteiger partial charge is 0.423 e. The minimum atomic E-state index is -0.499. The topological polar surface area (TPSA) is 55.8 Å². The fourth-order valence-corrected chi connectivity index (χ4v) is 3.75. The van der Waals surface area contributed by atoms with Crippen LogP contribution in [0.3, 0.4) is 0 Å². The van der Waals surface area contributed by atoms with Gasteiger partial charge in [-0.1, -0.05) is 49.6 Å². The molecule has 0 heterocycles. The molecule has 4 aromatic carbocycles. The van der Waals surface area contributed by atoms with Gasteiger partial charge in [0.25, 0.3) is 0 Å². The van der Waals surface area contributed by atoms with Gasteiger partial charge in [0.1, 0.15) is 11.5 Å². The summed E-state index contributed by atoms with van der Waals surface area (Å²) in [6.45, 7) is 10.7. The SMILES string of the molecule is C=CC(=O)Oc1ccc(N(c2ccc(-c3ccc(OC(=O)C(=C)C)cc3)cc2)c2cccc(C)c2)cc1. The van der Waals surface area contributed by atoms with E-state index in [2.05, 4.69) is 55.3 Å². The van der Waals surface area contributed by atoms with Gasteiger partial charge in [-0.25, -0.2) is 9.59 Å². The molecule has 0 unspecified atom stereocenters. The molecule has 4 rings (SSSR count). The van der Waals surface area contributed by atoms with Gasteiger partial charge in [0, 0.05) is 28.7 Å². The highest BCUT2D eigenvalue weighted by Gasteiger charge is 2.14. The van der Waals surface area contributed by atoms with Crippen LogP contribution in [0.5, 0.6) is 11.5 Å². The van der Waals surface area contributed by atoms with E-state index >= 15 is 0 Å². The zero-order valence-corrected chi connectivity index (χ0v) is 20.8. The second kappa shape index (κ2) is 11.2. The minimum absolute atomic E-state index is 0.352. The van der Waals surface area contributed by atoms with Crippen LogP contribution in [-0.2, 0) is 9.59 Å². The van der Waals surface area contributed by atoms with Crippen LogP contribution in [0.4, 0.5) is 17.1 Å². The van der Waals surface area contributed by atoms with Crippen molar-refractivity contribution < 1.29 is 19.1 Å². The van der Waals surface area contributed by atoms with E-state index in [4.69, 9.17) is 9.47 Å². The lowest BCUT2D eigenvalue weighted by atomic mass is 10.0. The van der Waals surface area contributed by atoms with Crippen LogP contribution in [0, 0.1) is 6.92 Å². The number of carbonyl (C=O) groups excluding carboxylic acids is 2. The molecule has 0 N–H and O–H groups in total. The molecule has 37 heavy (non-hydrogen) atoms. The average Bonchev–Trinajstić information content (AvgIpc) is 2.90. The van der Waals surface area contributed by atoms with E-state index in [9.17, 15) is 9.59 Å². The highest BCUT2D eigenvalue weighted by Crippen LogP contribution is 2.36. The molecule has 5 heteroatoms. The Kier molecular flexibility index (Phi) is 7.65. The standard InChI is InChI=1S/C32H27NO4/c1-5-31(34)36-29-19-15-27(16-20-29)33(28-8-6-7-23(4)21-28)26-13-9-24(10-14-26)25-11-17-30(18-12-25)37-32(35)22(2)3/h5-21H,1-2H2,3-4H3. The third-order valence-corrected chi connectivity index (χ3v) is 5.61. The Morgan fingerprint density at radius 1 is 0.730 bits per heavy atom. The fraction of sp³-hybridized carbons (Fsp3) is 0.0625. The Morgan fingerprint density at radius 3 is 1.78 bits per heavy atom. The Bertz CT molecular complexity index is 1440. The lowest BCUT2D eigenvalue weighted by molar-refractivity contribution is -0.130. The first-order valence-electron chi connectivity index (χ1n) is 11.7. The first-order chi connectivity index (χ1) is 17.8. The summed E-state index contributed by atoms with van der Waals surface area (Å²) in [6, 6.07) is 31.2. The van der Waals surface area contributed by atoms with Gasteiger partial charge >= 0.3 is 11.9 Å². The van der Waals surface area contributed by atoms with Crippen molar-refractivity contribution in [2.45, 2.75) is 13.8 Å². The number of hydrogen-bond acceptors (Lipinski definition) is 5. The van der Waals surface area contributed by atoms with Gasteiger partial charge in [0.15, 0.2) is 0 Å². The normalized spacial score (nSPS) is 10.3. The maximum atomic E-state index is 11.8. The van der Waals surface area contributed by atoms with Gasteiger partial charge in [-0.15, -0.1) is 0 Å². The van der Waals surface area contributed by atoms with E-state index in [1.54, 1.807) is 31.2 Å². The number of hydrogen-bond donors (Lipinski definition) is 0. The number of rotatable bonds is 8. The van der Waals surface area contributed by atoms with Gasteiger partial charge in [-0.2, -0.15) is 0 Å². The van der Waals surface area contributed by atoms with Crippen LogP contribution in [0.2, 0.25) is 0 Å². The summed E-state index contributed by atoms with van der Waals surface area (Å²) in [6.07, 6.45) is 1.14. The lowest BCUT2D eigenvalue weighted by Crippen LogP contribution is -2.10. The number of esters is 2. The van der Waals surface area contributed by atoms with E-state index < -0.39 is 11.9 Å². The zero-order chi connectivity index (χ0) is 26.4. The van der Waals surface area contributed by atoms with Crippen LogP contribution < -0.4 is 14.4 Å². The third-order valence-electron chi connectivity index (χ3n) is 5.61. The molecule has 184 valence electrons. The molecular formula is C32H27NO4. The van der Waals surface area contributed by atoms with Crippen molar-refractivity contribution in [3.05, 3.63) is 127 Å². The summed E-state index contributed by atoms with van der Waals surface area (Å²) in [7, 11) is 0. The molecule has 0 aliphatic rings.